The number of alkyl halides is 2. The first-order chi connectivity index (χ1) is 18.9. The van der Waals surface area contributed by atoms with Gasteiger partial charge in [0.2, 0.25) is 15.9 Å². The summed E-state index contributed by atoms with van der Waals surface area (Å²) in [6, 6.07) is 17.9. The highest BCUT2D eigenvalue weighted by atomic mass is 127. The number of aromatic nitrogens is 1. The molecule has 1 aliphatic carbocycles. The van der Waals surface area contributed by atoms with Crippen molar-refractivity contribution >= 4 is 72.5 Å². The van der Waals surface area contributed by atoms with Gasteiger partial charge in [0, 0.05) is 22.7 Å². The minimum absolute atomic E-state index is 0.0182. The van der Waals surface area contributed by atoms with Crippen molar-refractivity contribution in [1.29, 1.82) is 0 Å². The Morgan fingerprint density at radius 1 is 1.10 bits per heavy atom. The van der Waals surface area contributed by atoms with Crippen LogP contribution in [0.2, 0.25) is 5.02 Å². The Kier molecular flexibility index (Phi) is 12.6. The van der Waals surface area contributed by atoms with E-state index < -0.39 is 10.0 Å². The number of rotatable bonds is 8. The third-order valence-electron chi connectivity index (χ3n) is 7.11. The van der Waals surface area contributed by atoms with Crippen LogP contribution < -0.4 is 14.8 Å². The van der Waals surface area contributed by atoms with E-state index in [2.05, 4.69) is 84.5 Å². The van der Waals surface area contributed by atoms with E-state index in [1.165, 1.54) is 23.1 Å². The van der Waals surface area contributed by atoms with Gasteiger partial charge in [-0.25, -0.2) is 13.4 Å². The van der Waals surface area contributed by atoms with Gasteiger partial charge in [-0.2, -0.15) is 0 Å². The van der Waals surface area contributed by atoms with Gasteiger partial charge in [0.15, 0.2) is 0 Å². The van der Waals surface area contributed by atoms with Crippen LogP contribution in [0.1, 0.15) is 55.3 Å². The Balaban J connectivity index is 0.00000100. The number of hydrogen-bond donors (Lipinski definition) is 2. The lowest BCUT2D eigenvalue weighted by molar-refractivity contribution is 0.164. The van der Waals surface area contributed by atoms with Crippen molar-refractivity contribution in [3.05, 3.63) is 82.5 Å². The maximum atomic E-state index is 12.3. The quantitative estimate of drug-likeness (QED) is 0.178. The van der Waals surface area contributed by atoms with Crippen LogP contribution >= 0.6 is 56.8 Å². The number of anilines is 1. The van der Waals surface area contributed by atoms with Gasteiger partial charge in [-0.1, -0.05) is 88.3 Å². The number of fused-ring (bicyclic) bond motifs is 1. The number of nitrogens with zero attached hydrogens (tertiary/aromatic N) is 1. The summed E-state index contributed by atoms with van der Waals surface area (Å²) in [6.45, 7) is 2.76. The van der Waals surface area contributed by atoms with Crippen LogP contribution in [0.3, 0.4) is 0 Å². The maximum absolute atomic E-state index is 12.3. The number of sulfonamides is 1. The molecule has 212 valence electrons. The van der Waals surface area contributed by atoms with E-state index in [0.29, 0.717) is 17.9 Å². The van der Waals surface area contributed by atoms with Gasteiger partial charge in [-0.3, -0.25) is 4.72 Å². The molecule has 2 aliphatic rings. The Morgan fingerprint density at radius 2 is 1.82 bits per heavy atom. The molecule has 1 unspecified atom stereocenters. The third kappa shape index (κ3) is 7.78. The molecule has 3 aromatic rings. The zero-order valence-electron chi connectivity index (χ0n) is 22.5. The zero-order chi connectivity index (χ0) is 28.5. The molecule has 0 bridgehead atoms. The van der Waals surface area contributed by atoms with Crippen LogP contribution in [0, 0.1) is 0 Å². The van der Waals surface area contributed by atoms with Gasteiger partial charge in [-0.05, 0) is 95.2 Å². The summed E-state index contributed by atoms with van der Waals surface area (Å²) in [4.78, 5) is 8.24. The number of ether oxygens (including phenoxy) is 1. The Labute approximate surface area is 265 Å². The summed E-state index contributed by atoms with van der Waals surface area (Å²) in [6.07, 6.45) is 6.50. The molecule has 0 saturated heterocycles. The fraction of sp³-hybridized carbons (Fsp3) is 0.414. The van der Waals surface area contributed by atoms with Gasteiger partial charge in [-0.15, -0.1) is 0 Å². The fourth-order valence-electron chi connectivity index (χ4n) is 5.32. The standard InChI is InChI=1S/C27H30ClN3O3S.2CH3I/c1-2-17-35(32,33)31-24-5-3-15-30-26(24)34-22-11-6-19-12-16-29-25(23(19)18-22)27(13-4-14-27)20-7-9-21(28)10-8-20;2*1-2/h3,5-11,15,18,25,29,31H,2,4,12-14,16-17H2,1H3;2*1H3. The topological polar surface area (TPSA) is 80.3 Å². The third-order valence-corrected chi connectivity index (χ3v) is 8.84. The smallest absolute Gasteiger partial charge is 0.243 e. The molecule has 0 spiro atoms. The van der Waals surface area contributed by atoms with Crippen molar-refractivity contribution in [2.24, 2.45) is 0 Å². The molecule has 0 amide bonds. The zero-order valence-corrected chi connectivity index (χ0v) is 28.4. The van der Waals surface area contributed by atoms with E-state index in [4.69, 9.17) is 16.3 Å². The average molecular weight is 796 g/mol. The predicted octanol–water partition coefficient (Wildman–Crippen LogP) is 8.09. The van der Waals surface area contributed by atoms with Crippen LogP contribution in [0.5, 0.6) is 11.6 Å². The van der Waals surface area contributed by atoms with E-state index in [-0.39, 0.29) is 23.1 Å². The molecule has 1 saturated carbocycles. The van der Waals surface area contributed by atoms with Gasteiger partial charge in [0.05, 0.1) is 5.75 Å². The minimum atomic E-state index is -3.46. The summed E-state index contributed by atoms with van der Waals surface area (Å²) in [7, 11) is -3.46. The summed E-state index contributed by atoms with van der Waals surface area (Å²) in [5, 5.41) is 4.53. The van der Waals surface area contributed by atoms with Crippen LogP contribution in [0.4, 0.5) is 5.69 Å². The number of benzene rings is 2. The lowest BCUT2D eigenvalue weighted by atomic mass is 9.58. The highest BCUT2D eigenvalue weighted by molar-refractivity contribution is 14.1. The second-order valence-electron chi connectivity index (χ2n) is 9.39. The second-order valence-corrected chi connectivity index (χ2v) is 11.7. The molecule has 1 fully saturated rings. The van der Waals surface area contributed by atoms with Gasteiger partial charge in [0.25, 0.3) is 0 Å². The second kappa shape index (κ2) is 15.2. The van der Waals surface area contributed by atoms with E-state index in [1.54, 1.807) is 18.3 Å². The molecule has 1 atom stereocenters. The number of nitrogens with one attached hydrogen (secondary N) is 2. The number of pyridine rings is 1. The maximum Gasteiger partial charge on any atom is 0.243 e. The molecule has 0 radical (unpaired) electrons. The Hall–Kier alpha value is -1.15. The Bertz CT molecular complexity index is 1320. The first kappa shape index (κ1) is 32.4. The minimum Gasteiger partial charge on any atom is -0.437 e. The Morgan fingerprint density at radius 3 is 2.46 bits per heavy atom. The van der Waals surface area contributed by atoms with Crippen molar-refractivity contribution in [3.63, 3.8) is 0 Å². The number of halogens is 3. The average Bonchev–Trinajstić information content (AvgIpc) is 2.92. The molecule has 39 heavy (non-hydrogen) atoms. The highest BCUT2D eigenvalue weighted by Gasteiger charge is 2.47. The first-order valence-corrected chi connectivity index (χ1v) is 19.3. The van der Waals surface area contributed by atoms with Gasteiger partial charge in [0.1, 0.15) is 11.4 Å². The van der Waals surface area contributed by atoms with E-state index in [0.717, 1.165) is 30.8 Å². The van der Waals surface area contributed by atoms with Crippen LogP contribution in [0.15, 0.2) is 60.8 Å². The predicted molar refractivity (Wildman–Crippen MR) is 180 cm³/mol. The number of hydrogen-bond acceptors (Lipinski definition) is 5. The van der Waals surface area contributed by atoms with E-state index >= 15 is 0 Å². The van der Waals surface area contributed by atoms with Crippen molar-refractivity contribution < 1.29 is 13.2 Å². The summed E-state index contributed by atoms with van der Waals surface area (Å²) in [5.74, 6) is 0.918. The van der Waals surface area contributed by atoms with Crippen LogP contribution in [0.25, 0.3) is 0 Å². The van der Waals surface area contributed by atoms with Crippen LogP contribution in [-0.4, -0.2) is 35.6 Å². The van der Waals surface area contributed by atoms with E-state index in [9.17, 15) is 8.42 Å². The van der Waals surface area contributed by atoms with E-state index in [1.807, 2.05) is 35.0 Å². The molecule has 1 aromatic heterocycles. The molecule has 1 aliphatic heterocycles. The van der Waals surface area contributed by atoms with Gasteiger partial charge >= 0.3 is 0 Å². The fourth-order valence-corrected chi connectivity index (χ4v) is 6.58. The molecular weight excluding hydrogens is 760 g/mol. The summed E-state index contributed by atoms with van der Waals surface area (Å²) < 4.78 is 33.4. The normalized spacial score (nSPS) is 17.2. The SMILES string of the molecule is CCCS(=O)(=O)Nc1cccnc1Oc1ccc2c(c1)C(C1(c3ccc(Cl)cc3)CCC1)NCC2.CI.CI. The molecule has 2 heterocycles. The van der Waals surface area contributed by atoms with Crippen molar-refractivity contribution in [2.75, 3.05) is 26.9 Å². The first-order valence-electron chi connectivity index (χ1n) is 12.9. The van der Waals surface area contributed by atoms with Gasteiger partial charge < -0.3 is 10.1 Å². The summed E-state index contributed by atoms with van der Waals surface area (Å²) in [5.41, 5.74) is 4.20. The molecule has 2 N–H and O–H groups in total. The molecule has 2 aromatic carbocycles. The van der Waals surface area contributed by atoms with Crippen LogP contribution in [-0.2, 0) is 21.9 Å². The van der Waals surface area contributed by atoms with Crippen molar-refractivity contribution in [1.82, 2.24) is 10.3 Å². The lowest BCUT2D eigenvalue weighted by Crippen LogP contribution is -2.49. The van der Waals surface area contributed by atoms with Crippen molar-refractivity contribution in [3.8, 4) is 11.6 Å². The largest absolute Gasteiger partial charge is 0.437 e. The molecule has 10 heteroatoms. The lowest BCUT2D eigenvalue weighted by Gasteiger charge is -2.50. The molecule has 6 nitrogen and oxygen atoms in total. The monoisotopic (exact) mass is 795 g/mol. The summed E-state index contributed by atoms with van der Waals surface area (Å²) >= 11 is 10.5. The molecule has 5 rings (SSSR count). The molecular formula is C29H36ClI2N3O3S. The highest BCUT2D eigenvalue weighted by Crippen LogP contribution is 2.54. The van der Waals surface area contributed by atoms with Crippen molar-refractivity contribution in [2.45, 2.75) is 50.5 Å².